The lowest BCUT2D eigenvalue weighted by molar-refractivity contribution is 0.105. The number of nitrogens with zero attached hydrogens (tertiary/aromatic N) is 1. The van der Waals surface area contributed by atoms with Crippen molar-refractivity contribution >= 4 is 5.69 Å². The predicted molar refractivity (Wildman–Crippen MR) is 76.6 cm³/mol. The van der Waals surface area contributed by atoms with Crippen LogP contribution in [0.25, 0.3) is 0 Å². The number of benzene rings is 1. The second kappa shape index (κ2) is 7.56. The van der Waals surface area contributed by atoms with E-state index in [9.17, 15) is 9.50 Å². The molecule has 3 N–H and O–H groups in total. The third-order valence-electron chi connectivity index (χ3n) is 2.82. The van der Waals surface area contributed by atoms with Crippen LogP contribution in [0, 0.1) is 5.82 Å². The second-order valence-corrected chi connectivity index (χ2v) is 4.50. The molecule has 6 heteroatoms. The molecule has 0 spiro atoms. The first-order valence-electron chi connectivity index (χ1n) is 6.53. The summed E-state index contributed by atoms with van der Waals surface area (Å²) >= 11 is 0. The van der Waals surface area contributed by atoms with Crippen LogP contribution >= 0.6 is 0 Å². The van der Waals surface area contributed by atoms with E-state index in [1.54, 1.807) is 12.4 Å². The van der Waals surface area contributed by atoms with Crippen LogP contribution in [0.3, 0.4) is 0 Å². The summed E-state index contributed by atoms with van der Waals surface area (Å²) in [5.41, 5.74) is 1.37. The summed E-state index contributed by atoms with van der Waals surface area (Å²) in [4.78, 5) is 3.92. The van der Waals surface area contributed by atoms with Crippen molar-refractivity contribution in [2.75, 3.05) is 18.5 Å². The van der Waals surface area contributed by atoms with Gasteiger partial charge in [0.05, 0.1) is 18.4 Å². The molecule has 0 saturated carbocycles. The Hall–Kier alpha value is -2.18. The van der Waals surface area contributed by atoms with E-state index in [4.69, 9.17) is 9.84 Å². The smallest absolute Gasteiger partial charge is 0.143 e. The zero-order valence-electron chi connectivity index (χ0n) is 11.4. The van der Waals surface area contributed by atoms with Crippen LogP contribution < -0.4 is 10.1 Å². The third kappa shape index (κ3) is 4.70. The van der Waals surface area contributed by atoms with Gasteiger partial charge in [-0.1, -0.05) is 0 Å². The molecule has 1 aromatic carbocycles. The van der Waals surface area contributed by atoms with Gasteiger partial charge < -0.3 is 20.3 Å². The van der Waals surface area contributed by atoms with Gasteiger partial charge in [-0.25, -0.2) is 4.39 Å². The van der Waals surface area contributed by atoms with Gasteiger partial charge in [0.25, 0.3) is 0 Å². The van der Waals surface area contributed by atoms with Gasteiger partial charge in [-0.15, -0.1) is 0 Å². The maximum atomic E-state index is 13.3. The van der Waals surface area contributed by atoms with E-state index in [0.717, 1.165) is 5.56 Å². The third-order valence-corrected chi connectivity index (χ3v) is 2.82. The van der Waals surface area contributed by atoms with Crippen molar-refractivity contribution in [3.05, 3.63) is 54.1 Å². The molecule has 0 aliphatic carbocycles. The molecule has 0 bridgehead atoms. The number of nitrogens with one attached hydrogen (secondary N) is 1. The molecule has 0 saturated heterocycles. The van der Waals surface area contributed by atoms with Crippen LogP contribution in [0.5, 0.6) is 5.75 Å². The SMILES string of the molecule is OCC(O)CNc1cc(F)ccc1OCc1ccncc1. The Kier molecular flexibility index (Phi) is 5.48. The molecule has 21 heavy (non-hydrogen) atoms. The zero-order chi connectivity index (χ0) is 15.1. The molecule has 0 aliphatic heterocycles. The highest BCUT2D eigenvalue weighted by Crippen LogP contribution is 2.26. The second-order valence-electron chi connectivity index (χ2n) is 4.50. The van der Waals surface area contributed by atoms with Crippen LogP contribution in [-0.4, -0.2) is 34.5 Å². The number of aliphatic hydroxyl groups is 2. The fourth-order valence-corrected chi connectivity index (χ4v) is 1.70. The quantitative estimate of drug-likeness (QED) is 0.722. The lowest BCUT2D eigenvalue weighted by Gasteiger charge is -2.15. The molecule has 1 heterocycles. The normalized spacial score (nSPS) is 12.0. The van der Waals surface area contributed by atoms with Gasteiger partial charge in [-0.2, -0.15) is 0 Å². The molecule has 112 valence electrons. The van der Waals surface area contributed by atoms with Crippen molar-refractivity contribution < 1.29 is 19.3 Å². The minimum Gasteiger partial charge on any atom is -0.487 e. The summed E-state index contributed by atoms with van der Waals surface area (Å²) < 4.78 is 18.9. The topological polar surface area (TPSA) is 74.6 Å². The van der Waals surface area contributed by atoms with Gasteiger partial charge in [0.2, 0.25) is 0 Å². The van der Waals surface area contributed by atoms with Gasteiger partial charge in [0.1, 0.15) is 18.2 Å². The Bertz CT molecular complexity index is 566. The van der Waals surface area contributed by atoms with Gasteiger partial charge in [0, 0.05) is 25.0 Å². The fraction of sp³-hybridized carbons (Fsp3) is 0.267. The highest BCUT2D eigenvalue weighted by Gasteiger charge is 2.08. The maximum Gasteiger partial charge on any atom is 0.143 e. The number of aliphatic hydroxyl groups excluding tert-OH is 2. The van der Waals surface area contributed by atoms with Crippen LogP contribution in [0.1, 0.15) is 5.56 Å². The molecule has 1 atom stereocenters. The number of halogens is 1. The predicted octanol–water partition coefficient (Wildman–Crippen LogP) is 1.56. The Morgan fingerprint density at radius 2 is 2.00 bits per heavy atom. The van der Waals surface area contributed by atoms with Gasteiger partial charge in [-0.05, 0) is 29.8 Å². The van der Waals surface area contributed by atoms with E-state index in [2.05, 4.69) is 10.3 Å². The molecule has 0 radical (unpaired) electrons. The highest BCUT2D eigenvalue weighted by atomic mass is 19.1. The van der Waals surface area contributed by atoms with E-state index >= 15 is 0 Å². The number of hydrogen-bond acceptors (Lipinski definition) is 5. The molecular formula is C15H17FN2O3. The minimum absolute atomic E-state index is 0.103. The van der Waals surface area contributed by atoms with Crippen molar-refractivity contribution in [2.45, 2.75) is 12.7 Å². The average Bonchev–Trinajstić information content (AvgIpc) is 2.52. The van der Waals surface area contributed by atoms with E-state index < -0.39 is 11.9 Å². The van der Waals surface area contributed by atoms with Crippen LogP contribution in [0.15, 0.2) is 42.7 Å². The largest absolute Gasteiger partial charge is 0.487 e. The molecule has 1 unspecified atom stereocenters. The highest BCUT2D eigenvalue weighted by molar-refractivity contribution is 5.56. The van der Waals surface area contributed by atoms with E-state index in [1.165, 1.54) is 18.2 Å². The van der Waals surface area contributed by atoms with Crippen molar-refractivity contribution in [3.63, 3.8) is 0 Å². The Labute approximate surface area is 122 Å². The van der Waals surface area contributed by atoms with Gasteiger partial charge in [-0.3, -0.25) is 4.98 Å². The molecule has 0 aliphatic rings. The summed E-state index contributed by atoms with van der Waals surface area (Å²) in [5, 5.41) is 21.0. The van der Waals surface area contributed by atoms with E-state index in [1.807, 2.05) is 12.1 Å². The minimum atomic E-state index is -0.915. The molecule has 2 rings (SSSR count). The summed E-state index contributed by atoms with van der Waals surface area (Å²) in [6.07, 6.45) is 2.42. The Balaban J connectivity index is 2.04. The van der Waals surface area contributed by atoms with E-state index in [-0.39, 0.29) is 13.2 Å². The number of ether oxygens (including phenoxy) is 1. The molecule has 5 nitrogen and oxygen atoms in total. The summed E-state index contributed by atoms with van der Waals surface area (Å²) in [7, 11) is 0. The first-order chi connectivity index (χ1) is 10.2. The number of pyridine rings is 1. The number of anilines is 1. The first kappa shape index (κ1) is 15.2. The molecule has 0 fully saturated rings. The lowest BCUT2D eigenvalue weighted by Crippen LogP contribution is -2.23. The fourth-order valence-electron chi connectivity index (χ4n) is 1.70. The Morgan fingerprint density at radius 1 is 1.24 bits per heavy atom. The van der Waals surface area contributed by atoms with Crippen molar-refractivity contribution in [1.82, 2.24) is 4.98 Å². The monoisotopic (exact) mass is 292 g/mol. The zero-order valence-corrected chi connectivity index (χ0v) is 11.4. The number of hydrogen-bond donors (Lipinski definition) is 3. The van der Waals surface area contributed by atoms with Gasteiger partial charge >= 0.3 is 0 Å². The van der Waals surface area contributed by atoms with E-state index in [0.29, 0.717) is 18.0 Å². The van der Waals surface area contributed by atoms with Crippen LogP contribution in [0.4, 0.5) is 10.1 Å². The molecule has 0 amide bonds. The first-order valence-corrected chi connectivity index (χ1v) is 6.53. The van der Waals surface area contributed by atoms with Crippen LogP contribution in [0.2, 0.25) is 0 Å². The molecule has 1 aromatic heterocycles. The summed E-state index contributed by atoms with van der Waals surface area (Å²) in [5.74, 6) is 0.0607. The summed E-state index contributed by atoms with van der Waals surface area (Å²) in [6, 6.07) is 7.75. The summed E-state index contributed by atoms with van der Waals surface area (Å²) in [6.45, 7) is 0.0620. The standard InChI is InChI=1S/C15H17FN2O3/c16-12-1-2-15(14(7-12)18-8-13(20)9-19)21-10-11-3-5-17-6-4-11/h1-7,13,18-20H,8-10H2. The maximum absolute atomic E-state index is 13.3. The molecular weight excluding hydrogens is 275 g/mol. The average molecular weight is 292 g/mol. The van der Waals surface area contributed by atoms with Crippen molar-refractivity contribution in [2.24, 2.45) is 0 Å². The number of aromatic nitrogens is 1. The van der Waals surface area contributed by atoms with Crippen LogP contribution in [-0.2, 0) is 6.61 Å². The van der Waals surface area contributed by atoms with Crippen molar-refractivity contribution in [1.29, 1.82) is 0 Å². The number of rotatable bonds is 7. The van der Waals surface area contributed by atoms with Gasteiger partial charge in [0.15, 0.2) is 0 Å². The lowest BCUT2D eigenvalue weighted by atomic mass is 10.2. The van der Waals surface area contributed by atoms with Crippen molar-refractivity contribution in [3.8, 4) is 5.75 Å². The molecule has 2 aromatic rings. The Morgan fingerprint density at radius 3 is 2.71 bits per heavy atom.